The zero-order valence-corrected chi connectivity index (χ0v) is 21.3. The first-order valence-electron chi connectivity index (χ1n) is 12.6. The standard InChI is InChI=1S/C28H30N4O5/c1-17(2)32(25-21(16-30-32)14-28(15-23(25)33)7-9-29-10-8-28)26(34)20-12-22(31-24(13-20)37-3)18-5-4-6-19(11-18)27(35)36/h4-6,11-13,16-17,29H,7-10,14-15H2,1-3H3/p+1. The Balaban J connectivity index is 1.59. The van der Waals surface area contributed by atoms with E-state index in [0.29, 0.717) is 23.4 Å². The van der Waals surface area contributed by atoms with Gasteiger partial charge in [-0.05, 0) is 69.8 Å². The number of carbonyl (C=O) groups is 3. The van der Waals surface area contributed by atoms with Crippen molar-refractivity contribution in [2.45, 2.75) is 45.6 Å². The molecule has 3 heterocycles. The highest BCUT2D eigenvalue weighted by Gasteiger charge is 2.57. The molecule has 1 aliphatic carbocycles. The van der Waals surface area contributed by atoms with E-state index >= 15 is 0 Å². The lowest BCUT2D eigenvalue weighted by Crippen LogP contribution is -2.54. The third-order valence-electron chi connectivity index (χ3n) is 7.79. The highest BCUT2D eigenvalue weighted by Crippen LogP contribution is 2.49. The van der Waals surface area contributed by atoms with Crippen molar-refractivity contribution >= 4 is 23.9 Å². The number of piperidine rings is 1. The van der Waals surface area contributed by atoms with Gasteiger partial charge in [-0.3, -0.25) is 4.79 Å². The summed E-state index contributed by atoms with van der Waals surface area (Å²) in [5.41, 5.74) is 2.58. The molecule has 0 saturated carbocycles. The maximum absolute atomic E-state index is 14.3. The van der Waals surface area contributed by atoms with Crippen molar-refractivity contribution in [1.29, 1.82) is 0 Å². The van der Waals surface area contributed by atoms with Crippen molar-refractivity contribution < 1.29 is 28.8 Å². The number of rotatable bonds is 5. The molecule has 37 heavy (non-hydrogen) atoms. The zero-order chi connectivity index (χ0) is 26.4. The van der Waals surface area contributed by atoms with Crippen LogP contribution in [0, 0.1) is 5.41 Å². The summed E-state index contributed by atoms with van der Waals surface area (Å²) in [6.07, 6.45) is 4.75. The third-order valence-corrected chi connectivity index (χ3v) is 7.79. The molecule has 192 valence electrons. The van der Waals surface area contributed by atoms with Crippen LogP contribution in [0.3, 0.4) is 0 Å². The molecule has 0 radical (unpaired) electrons. The quantitative estimate of drug-likeness (QED) is 0.596. The van der Waals surface area contributed by atoms with E-state index in [-0.39, 0.29) is 40.2 Å². The topological polar surface area (TPSA) is 118 Å². The molecule has 1 spiro atoms. The number of carboxylic acids is 1. The maximum atomic E-state index is 14.3. The summed E-state index contributed by atoms with van der Waals surface area (Å²) >= 11 is 0. The number of quaternary nitrogens is 1. The van der Waals surface area contributed by atoms with E-state index < -0.39 is 10.6 Å². The van der Waals surface area contributed by atoms with Crippen LogP contribution in [0.5, 0.6) is 5.88 Å². The van der Waals surface area contributed by atoms with Crippen LogP contribution in [0.1, 0.15) is 60.2 Å². The number of nitrogens with zero attached hydrogens (tertiary/aromatic N) is 3. The number of Topliss-reactive ketones (excluding diaryl/α,β-unsaturated/α-hetero) is 1. The van der Waals surface area contributed by atoms with Gasteiger partial charge in [0.15, 0.2) is 0 Å². The second-order valence-corrected chi connectivity index (χ2v) is 10.4. The summed E-state index contributed by atoms with van der Waals surface area (Å²) in [7, 11) is 1.46. The molecule has 0 bridgehead atoms. The van der Waals surface area contributed by atoms with Gasteiger partial charge >= 0.3 is 11.9 Å². The summed E-state index contributed by atoms with van der Waals surface area (Å²) in [5, 5.41) is 17.5. The van der Waals surface area contributed by atoms with Crippen LogP contribution >= 0.6 is 0 Å². The number of ketones is 1. The second kappa shape index (κ2) is 9.32. The first-order valence-corrected chi connectivity index (χ1v) is 12.6. The summed E-state index contributed by atoms with van der Waals surface area (Å²) in [6, 6.07) is 9.20. The molecule has 2 N–H and O–H groups in total. The van der Waals surface area contributed by atoms with Gasteiger partial charge in [0.2, 0.25) is 17.4 Å². The van der Waals surface area contributed by atoms with E-state index in [0.717, 1.165) is 37.9 Å². The Bertz CT molecular complexity index is 1360. The van der Waals surface area contributed by atoms with Gasteiger partial charge in [-0.1, -0.05) is 21.8 Å². The fraction of sp³-hybridized carbons (Fsp3) is 0.393. The van der Waals surface area contributed by atoms with Crippen LogP contribution in [0.15, 0.2) is 52.8 Å². The van der Waals surface area contributed by atoms with Gasteiger partial charge in [0.25, 0.3) is 0 Å². The number of benzene rings is 1. The lowest BCUT2D eigenvalue weighted by Gasteiger charge is -2.41. The number of carbonyl (C=O) groups excluding carboxylic acids is 2. The van der Waals surface area contributed by atoms with E-state index in [1.165, 1.54) is 19.2 Å². The molecule has 3 aliphatic rings. The second-order valence-electron chi connectivity index (χ2n) is 10.4. The summed E-state index contributed by atoms with van der Waals surface area (Å²) in [5.74, 6) is -1.21. The lowest BCUT2D eigenvalue weighted by molar-refractivity contribution is -0.833. The van der Waals surface area contributed by atoms with Gasteiger partial charge in [0, 0.05) is 23.6 Å². The largest absolute Gasteiger partial charge is 0.481 e. The molecule has 1 aromatic carbocycles. The van der Waals surface area contributed by atoms with Crippen LogP contribution in [0.25, 0.3) is 11.3 Å². The maximum Gasteiger partial charge on any atom is 0.377 e. The lowest BCUT2D eigenvalue weighted by atomic mass is 9.67. The number of hydrogen-bond donors (Lipinski definition) is 2. The Morgan fingerprint density at radius 2 is 1.86 bits per heavy atom. The zero-order valence-electron chi connectivity index (χ0n) is 21.3. The minimum atomic E-state index is -1.06. The molecule has 1 fully saturated rings. The summed E-state index contributed by atoms with van der Waals surface area (Å²) in [6.45, 7) is 5.56. The first kappa shape index (κ1) is 25.0. The fourth-order valence-electron chi connectivity index (χ4n) is 5.87. The Morgan fingerprint density at radius 3 is 2.54 bits per heavy atom. The predicted octanol–water partition coefficient (Wildman–Crippen LogP) is 3.81. The minimum Gasteiger partial charge on any atom is -0.481 e. The monoisotopic (exact) mass is 503 g/mol. The van der Waals surface area contributed by atoms with E-state index in [9.17, 15) is 19.5 Å². The number of ether oxygens (including phenoxy) is 1. The number of amides is 1. The highest BCUT2D eigenvalue weighted by atomic mass is 16.5. The van der Waals surface area contributed by atoms with Crippen LogP contribution in [0.4, 0.5) is 0 Å². The number of methoxy groups -OCH3 is 1. The molecule has 9 nitrogen and oxygen atoms in total. The van der Waals surface area contributed by atoms with Crippen molar-refractivity contribution in [2.24, 2.45) is 10.5 Å². The van der Waals surface area contributed by atoms with Crippen LogP contribution < -0.4 is 10.1 Å². The number of carboxylic acid groups (broad SMARTS) is 1. The van der Waals surface area contributed by atoms with E-state index in [2.05, 4.69) is 10.3 Å². The molecule has 1 atom stereocenters. The normalized spacial score (nSPS) is 22.4. The first-order chi connectivity index (χ1) is 17.7. The molecule has 2 aliphatic heterocycles. The molecule has 2 aromatic rings. The number of aromatic nitrogens is 1. The van der Waals surface area contributed by atoms with Gasteiger partial charge in [-0.2, -0.15) is 0 Å². The molecule has 9 heteroatoms. The molecule has 1 amide bonds. The SMILES string of the molecule is COc1cc(C(=O)[N+]2(C(C)C)N=CC3=C2C(=O)CC2(CCNCC2)C3)cc(-c2cccc(C(=O)O)c2)n1. The highest BCUT2D eigenvalue weighted by molar-refractivity contribution is 6.06. The van der Waals surface area contributed by atoms with Crippen molar-refractivity contribution in [3.63, 3.8) is 0 Å². The average molecular weight is 504 g/mol. The van der Waals surface area contributed by atoms with Crippen molar-refractivity contribution in [3.05, 3.63) is 58.8 Å². The van der Waals surface area contributed by atoms with Crippen molar-refractivity contribution in [3.8, 4) is 17.1 Å². The predicted molar refractivity (Wildman–Crippen MR) is 137 cm³/mol. The fourth-order valence-corrected chi connectivity index (χ4v) is 5.87. The smallest absolute Gasteiger partial charge is 0.377 e. The molecule has 5 rings (SSSR count). The number of hydrogen-bond acceptors (Lipinski definition) is 7. The van der Waals surface area contributed by atoms with E-state index in [4.69, 9.17) is 9.84 Å². The number of aromatic carboxylic acids is 1. The Hall–Kier alpha value is -3.69. The van der Waals surface area contributed by atoms with Crippen LogP contribution in [-0.4, -0.2) is 64.8 Å². The van der Waals surface area contributed by atoms with Gasteiger partial charge < -0.3 is 15.2 Å². The Morgan fingerprint density at radius 1 is 1.11 bits per heavy atom. The Kier molecular flexibility index (Phi) is 6.29. The van der Waals surface area contributed by atoms with Crippen molar-refractivity contribution in [1.82, 2.24) is 10.3 Å². The van der Waals surface area contributed by atoms with Crippen LogP contribution in [-0.2, 0) is 4.79 Å². The summed E-state index contributed by atoms with van der Waals surface area (Å²) in [4.78, 5) is 43.9. The molecular weight excluding hydrogens is 472 g/mol. The van der Waals surface area contributed by atoms with E-state index in [1.54, 1.807) is 30.5 Å². The van der Waals surface area contributed by atoms with Gasteiger partial charge in [0.05, 0.1) is 30.1 Å². The van der Waals surface area contributed by atoms with Gasteiger partial charge in [-0.25, -0.2) is 14.6 Å². The minimum absolute atomic E-state index is 0.0156. The number of allylic oxidation sites excluding steroid dienone is 2. The molecule has 1 aromatic heterocycles. The van der Waals surface area contributed by atoms with Gasteiger partial charge in [0.1, 0.15) is 6.04 Å². The van der Waals surface area contributed by atoms with Gasteiger partial charge in [-0.15, -0.1) is 0 Å². The average Bonchev–Trinajstić information content (AvgIpc) is 3.29. The molecule has 1 saturated heterocycles. The van der Waals surface area contributed by atoms with Crippen LogP contribution in [0.2, 0.25) is 0 Å². The van der Waals surface area contributed by atoms with E-state index in [1.807, 2.05) is 13.8 Å². The molecule has 1 unspecified atom stereocenters. The Labute approximate surface area is 215 Å². The molecular formula is C28H31N4O5+. The number of nitrogens with one attached hydrogen (secondary N) is 1. The number of pyridine rings is 1. The summed E-state index contributed by atoms with van der Waals surface area (Å²) < 4.78 is 4.97. The third kappa shape index (κ3) is 4.18. The van der Waals surface area contributed by atoms with Crippen molar-refractivity contribution in [2.75, 3.05) is 20.2 Å².